The number of nitrogens with zero attached hydrogens (tertiary/aromatic N) is 2. The van der Waals surface area contributed by atoms with Crippen LogP contribution in [0.2, 0.25) is 0 Å². The molecule has 7 heteroatoms. The molecule has 0 spiro atoms. The zero-order valence-corrected chi connectivity index (χ0v) is 13.7. The average Bonchev–Trinajstić information content (AvgIpc) is 2.92. The number of likely N-dealkylation sites (tertiary alicyclic amines) is 2. The minimum absolute atomic E-state index is 0.0302. The van der Waals surface area contributed by atoms with E-state index in [9.17, 15) is 22.8 Å². The van der Waals surface area contributed by atoms with E-state index in [-0.39, 0.29) is 36.8 Å². The van der Waals surface area contributed by atoms with Crippen molar-refractivity contribution in [3.63, 3.8) is 0 Å². The van der Waals surface area contributed by atoms with Crippen molar-refractivity contribution < 1.29 is 22.8 Å². The predicted molar refractivity (Wildman–Crippen MR) is 79.5 cm³/mol. The first-order valence-corrected chi connectivity index (χ1v) is 8.39. The summed E-state index contributed by atoms with van der Waals surface area (Å²) >= 11 is 0. The first-order valence-electron chi connectivity index (χ1n) is 8.39. The van der Waals surface area contributed by atoms with Crippen LogP contribution in [0.4, 0.5) is 13.2 Å². The van der Waals surface area contributed by atoms with E-state index in [0.29, 0.717) is 19.5 Å². The van der Waals surface area contributed by atoms with Crippen LogP contribution in [0.3, 0.4) is 0 Å². The third kappa shape index (κ3) is 4.18. The highest BCUT2D eigenvalue weighted by Gasteiger charge is 2.48. The van der Waals surface area contributed by atoms with Crippen LogP contribution in [0, 0.1) is 17.8 Å². The van der Waals surface area contributed by atoms with Gasteiger partial charge in [0.1, 0.15) is 0 Å². The van der Waals surface area contributed by atoms with Gasteiger partial charge in [-0.05, 0) is 24.7 Å². The van der Waals surface area contributed by atoms with E-state index in [1.165, 1.54) is 0 Å². The number of alkyl halides is 3. The van der Waals surface area contributed by atoms with Gasteiger partial charge in [0.25, 0.3) is 0 Å². The molecule has 0 aromatic heterocycles. The summed E-state index contributed by atoms with van der Waals surface area (Å²) in [5.74, 6) is -1.65. The molecule has 2 fully saturated rings. The zero-order valence-electron chi connectivity index (χ0n) is 13.7. The summed E-state index contributed by atoms with van der Waals surface area (Å²) in [6, 6.07) is 0. The topological polar surface area (TPSA) is 40.6 Å². The molecule has 2 rings (SSSR count). The van der Waals surface area contributed by atoms with E-state index >= 15 is 0 Å². The monoisotopic (exact) mass is 334 g/mol. The lowest BCUT2D eigenvalue weighted by atomic mass is 9.88. The SMILES string of the molecule is CCCC[C@H](C)C(=O)N1CC[C@@H]2CN(C(=O)C(F)(F)F)C[C@H]2C1. The maximum atomic E-state index is 12.6. The molecule has 0 aromatic carbocycles. The highest BCUT2D eigenvalue weighted by Crippen LogP contribution is 2.34. The van der Waals surface area contributed by atoms with Crippen LogP contribution in [-0.2, 0) is 9.59 Å². The Labute approximate surface area is 135 Å². The summed E-state index contributed by atoms with van der Waals surface area (Å²) in [6.07, 6.45) is -1.24. The lowest BCUT2D eigenvalue weighted by Gasteiger charge is -2.35. The molecule has 2 aliphatic rings. The number of carbonyl (C=O) groups excluding carboxylic acids is 2. The average molecular weight is 334 g/mol. The van der Waals surface area contributed by atoms with Crippen molar-refractivity contribution in [2.45, 2.75) is 45.7 Å². The summed E-state index contributed by atoms with van der Waals surface area (Å²) in [7, 11) is 0. The second kappa shape index (κ2) is 7.09. The summed E-state index contributed by atoms with van der Waals surface area (Å²) in [6.45, 7) is 5.32. The van der Waals surface area contributed by atoms with Crippen molar-refractivity contribution in [1.82, 2.24) is 9.80 Å². The molecular formula is C16H25F3N2O2. The summed E-state index contributed by atoms with van der Waals surface area (Å²) in [4.78, 5) is 26.5. The molecule has 132 valence electrons. The summed E-state index contributed by atoms with van der Waals surface area (Å²) in [5.41, 5.74) is 0. The fourth-order valence-electron chi connectivity index (χ4n) is 3.66. The van der Waals surface area contributed by atoms with Crippen LogP contribution in [0.15, 0.2) is 0 Å². The lowest BCUT2D eigenvalue weighted by molar-refractivity contribution is -0.184. The first-order chi connectivity index (χ1) is 10.7. The van der Waals surface area contributed by atoms with E-state index in [1.807, 2.05) is 6.92 Å². The van der Waals surface area contributed by atoms with Gasteiger partial charge in [-0.1, -0.05) is 26.7 Å². The quantitative estimate of drug-likeness (QED) is 0.793. The van der Waals surface area contributed by atoms with Crippen LogP contribution in [0.25, 0.3) is 0 Å². The molecule has 0 aliphatic carbocycles. The first kappa shape index (κ1) is 18.1. The molecule has 0 saturated carbocycles. The number of halogens is 3. The van der Waals surface area contributed by atoms with Crippen molar-refractivity contribution in [2.75, 3.05) is 26.2 Å². The maximum absolute atomic E-state index is 12.6. The van der Waals surface area contributed by atoms with Gasteiger partial charge in [-0.15, -0.1) is 0 Å². The number of piperidine rings is 1. The number of amides is 2. The second-order valence-electron chi connectivity index (χ2n) is 6.84. The van der Waals surface area contributed by atoms with Crippen molar-refractivity contribution in [3.8, 4) is 0 Å². The van der Waals surface area contributed by atoms with Gasteiger partial charge in [-0.25, -0.2) is 0 Å². The molecule has 0 bridgehead atoms. The lowest BCUT2D eigenvalue weighted by Crippen LogP contribution is -2.45. The van der Waals surface area contributed by atoms with Gasteiger partial charge < -0.3 is 9.80 Å². The van der Waals surface area contributed by atoms with Crippen LogP contribution in [0.1, 0.15) is 39.5 Å². The van der Waals surface area contributed by atoms with Gasteiger partial charge in [0.05, 0.1) is 0 Å². The number of hydrogen-bond donors (Lipinski definition) is 0. The van der Waals surface area contributed by atoms with Gasteiger partial charge in [-0.3, -0.25) is 9.59 Å². The largest absolute Gasteiger partial charge is 0.471 e. The van der Waals surface area contributed by atoms with E-state index in [4.69, 9.17) is 0 Å². The Hall–Kier alpha value is -1.27. The summed E-state index contributed by atoms with van der Waals surface area (Å²) in [5, 5.41) is 0. The molecule has 4 nitrogen and oxygen atoms in total. The number of rotatable bonds is 4. The maximum Gasteiger partial charge on any atom is 0.471 e. The molecule has 0 aromatic rings. The van der Waals surface area contributed by atoms with Crippen molar-refractivity contribution in [2.24, 2.45) is 17.8 Å². The number of fused-ring (bicyclic) bond motifs is 1. The molecule has 0 N–H and O–H groups in total. The van der Waals surface area contributed by atoms with Crippen LogP contribution < -0.4 is 0 Å². The van der Waals surface area contributed by atoms with Crippen LogP contribution in [-0.4, -0.2) is 54.0 Å². The molecule has 23 heavy (non-hydrogen) atoms. The predicted octanol–water partition coefficient (Wildman–Crippen LogP) is 2.68. The number of hydrogen-bond acceptors (Lipinski definition) is 2. The van der Waals surface area contributed by atoms with E-state index < -0.39 is 12.1 Å². The standard InChI is InChI=1S/C16H25F3N2O2/c1-3-4-5-11(2)14(22)20-7-6-12-8-21(10-13(12)9-20)15(23)16(17,18)19/h11-13H,3-10H2,1-2H3/t11-,12+,13+/m0/s1. The molecular weight excluding hydrogens is 309 g/mol. The Balaban J connectivity index is 1.91. The fourth-order valence-corrected chi connectivity index (χ4v) is 3.66. The van der Waals surface area contributed by atoms with E-state index in [0.717, 1.165) is 24.2 Å². The Kier molecular flexibility index (Phi) is 5.57. The molecule has 2 saturated heterocycles. The van der Waals surface area contributed by atoms with Gasteiger partial charge in [0, 0.05) is 32.1 Å². The van der Waals surface area contributed by atoms with E-state index in [2.05, 4.69) is 6.92 Å². The Morgan fingerprint density at radius 2 is 1.74 bits per heavy atom. The molecule has 2 aliphatic heterocycles. The van der Waals surface area contributed by atoms with E-state index in [1.54, 1.807) is 4.90 Å². The molecule has 0 unspecified atom stereocenters. The normalized spacial score (nSPS) is 26.1. The van der Waals surface area contributed by atoms with Crippen LogP contribution in [0.5, 0.6) is 0 Å². The zero-order chi connectivity index (χ0) is 17.2. The minimum atomic E-state index is -4.81. The summed E-state index contributed by atoms with van der Waals surface area (Å²) < 4.78 is 37.7. The second-order valence-corrected chi connectivity index (χ2v) is 6.84. The fraction of sp³-hybridized carbons (Fsp3) is 0.875. The van der Waals surface area contributed by atoms with Gasteiger partial charge >= 0.3 is 12.1 Å². The highest BCUT2D eigenvalue weighted by atomic mass is 19.4. The van der Waals surface area contributed by atoms with Gasteiger partial charge in [0.2, 0.25) is 5.91 Å². The van der Waals surface area contributed by atoms with Gasteiger partial charge in [-0.2, -0.15) is 13.2 Å². The molecule has 0 radical (unpaired) electrons. The molecule has 3 atom stereocenters. The molecule has 2 heterocycles. The Morgan fingerprint density at radius 1 is 1.13 bits per heavy atom. The van der Waals surface area contributed by atoms with Crippen molar-refractivity contribution >= 4 is 11.8 Å². The Morgan fingerprint density at radius 3 is 2.35 bits per heavy atom. The van der Waals surface area contributed by atoms with Crippen molar-refractivity contribution in [3.05, 3.63) is 0 Å². The smallest absolute Gasteiger partial charge is 0.342 e. The van der Waals surface area contributed by atoms with Gasteiger partial charge in [0.15, 0.2) is 0 Å². The minimum Gasteiger partial charge on any atom is -0.342 e. The third-order valence-corrected chi connectivity index (χ3v) is 5.05. The van der Waals surface area contributed by atoms with Crippen molar-refractivity contribution in [1.29, 1.82) is 0 Å². The number of carbonyl (C=O) groups is 2. The highest BCUT2D eigenvalue weighted by molar-refractivity contribution is 5.82. The molecule has 2 amide bonds. The third-order valence-electron chi connectivity index (χ3n) is 5.05. The van der Waals surface area contributed by atoms with Crippen LogP contribution >= 0.6 is 0 Å². The Bertz CT molecular complexity index is 453. The number of unbranched alkanes of at least 4 members (excludes halogenated alkanes) is 1.